The molecule has 2 heteroatoms. The van der Waals surface area contributed by atoms with E-state index in [0.717, 1.165) is 0 Å². The molecule has 0 saturated heterocycles. The van der Waals surface area contributed by atoms with Gasteiger partial charge in [0.1, 0.15) is 5.82 Å². The Bertz CT molecular complexity index is 212. The summed E-state index contributed by atoms with van der Waals surface area (Å²) in [5.41, 5.74) is 0.490. The normalized spacial score (nSPS) is 9.90. The molecule has 10 heavy (non-hydrogen) atoms. The smallest absolute Gasteiger partial charge is 0.127 e. The zero-order valence-corrected chi connectivity index (χ0v) is 6.16. The quantitative estimate of drug-likeness (QED) is 0.588. The standard InChI is InChI=1S/C8H7ClF/c1-2-6-7(9)4-3-5-8(6)10/h3-5H,1-2H2. The second-order valence-electron chi connectivity index (χ2n) is 1.95. The van der Waals surface area contributed by atoms with Gasteiger partial charge in [-0.2, -0.15) is 0 Å². The van der Waals surface area contributed by atoms with E-state index in [0.29, 0.717) is 17.0 Å². The summed E-state index contributed by atoms with van der Waals surface area (Å²) in [4.78, 5) is 0. The summed E-state index contributed by atoms with van der Waals surface area (Å²) in [5.74, 6) is -0.275. The van der Waals surface area contributed by atoms with Crippen molar-refractivity contribution in [3.05, 3.63) is 41.5 Å². The minimum atomic E-state index is -0.275. The molecule has 0 saturated carbocycles. The van der Waals surface area contributed by atoms with E-state index in [1.54, 1.807) is 12.1 Å². The van der Waals surface area contributed by atoms with Crippen molar-refractivity contribution in [2.75, 3.05) is 0 Å². The lowest BCUT2D eigenvalue weighted by Gasteiger charge is -1.99. The molecule has 1 aromatic carbocycles. The number of rotatable bonds is 1. The zero-order chi connectivity index (χ0) is 7.56. The second-order valence-corrected chi connectivity index (χ2v) is 2.36. The van der Waals surface area contributed by atoms with Gasteiger partial charge in [-0.05, 0) is 25.5 Å². The van der Waals surface area contributed by atoms with Crippen LogP contribution in [0.3, 0.4) is 0 Å². The number of benzene rings is 1. The maximum absolute atomic E-state index is 12.7. The largest absolute Gasteiger partial charge is 0.207 e. The van der Waals surface area contributed by atoms with Crippen molar-refractivity contribution in [2.45, 2.75) is 6.42 Å². The van der Waals surface area contributed by atoms with E-state index in [9.17, 15) is 4.39 Å². The summed E-state index contributed by atoms with van der Waals surface area (Å²) >= 11 is 5.65. The Morgan fingerprint density at radius 3 is 2.60 bits per heavy atom. The maximum Gasteiger partial charge on any atom is 0.127 e. The molecule has 0 aliphatic heterocycles. The molecule has 0 atom stereocenters. The van der Waals surface area contributed by atoms with Crippen molar-refractivity contribution in [3.8, 4) is 0 Å². The molecule has 1 aromatic rings. The summed E-state index contributed by atoms with van der Waals surface area (Å²) in [6.45, 7) is 3.55. The lowest BCUT2D eigenvalue weighted by atomic mass is 10.1. The van der Waals surface area contributed by atoms with Crippen LogP contribution in [0.25, 0.3) is 0 Å². The van der Waals surface area contributed by atoms with Crippen LogP contribution in [0.1, 0.15) is 5.56 Å². The van der Waals surface area contributed by atoms with Crippen LogP contribution in [0.2, 0.25) is 5.02 Å². The summed E-state index contributed by atoms with van der Waals surface area (Å²) in [7, 11) is 0. The van der Waals surface area contributed by atoms with Gasteiger partial charge in [-0.15, -0.1) is 0 Å². The molecule has 0 unspecified atom stereocenters. The van der Waals surface area contributed by atoms with Gasteiger partial charge in [0.15, 0.2) is 0 Å². The van der Waals surface area contributed by atoms with E-state index >= 15 is 0 Å². The highest BCUT2D eigenvalue weighted by Gasteiger charge is 2.02. The van der Waals surface area contributed by atoms with E-state index in [1.807, 2.05) is 0 Å². The van der Waals surface area contributed by atoms with Crippen LogP contribution < -0.4 is 0 Å². The van der Waals surface area contributed by atoms with Crippen LogP contribution >= 0.6 is 11.6 Å². The molecule has 53 valence electrons. The first-order valence-electron chi connectivity index (χ1n) is 2.98. The Morgan fingerprint density at radius 2 is 2.20 bits per heavy atom. The van der Waals surface area contributed by atoms with Crippen LogP contribution in [0.15, 0.2) is 18.2 Å². The van der Waals surface area contributed by atoms with E-state index in [-0.39, 0.29) is 5.82 Å². The Hall–Kier alpha value is -0.560. The number of hydrogen-bond donors (Lipinski definition) is 0. The van der Waals surface area contributed by atoms with Crippen molar-refractivity contribution < 1.29 is 4.39 Å². The van der Waals surface area contributed by atoms with Gasteiger partial charge in [0, 0.05) is 10.6 Å². The molecule has 0 N–H and O–H groups in total. The summed E-state index contributed by atoms with van der Waals surface area (Å²) in [5, 5.41) is 0.454. The molecule has 0 bridgehead atoms. The Labute approximate surface area is 64.6 Å². The fourth-order valence-corrected chi connectivity index (χ4v) is 1.03. The van der Waals surface area contributed by atoms with Crippen molar-refractivity contribution in [3.63, 3.8) is 0 Å². The summed E-state index contributed by atoms with van der Waals surface area (Å²) in [6, 6.07) is 4.62. The van der Waals surface area contributed by atoms with Gasteiger partial charge in [0.2, 0.25) is 0 Å². The highest BCUT2D eigenvalue weighted by atomic mass is 35.5. The fraction of sp³-hybridized carbons (Fsp3) is 0.125. The average molecular weight is 158 g/mol. The first-order valence-corrected chi connectivity index (χ1v) is 3.35. The third kappa shape index (κ3) is 1.29. The minimum Gasteiger partial charge on any atom is -0.207 e. The van der Waals surface area contributed by atoms with E-state index in [4.69, 9.17) is 11.6 Å². The van der Waals surface area contributed by atoms with Crippen molar-refractivity contribution in [1.82, 2.24) is 0 Å². The van der Waals surface area contributed by atoms with Crippen molar-refractivity contribution >= 4 is 11.6 Å². The van der Waals surface area contributed by atoms with Crippen LogP contribution in [-0.4, -0.2) is 0 Å². The average Bonchev–Trinajstić information content (AvgIpc) is 1.88. The van der Waals surface area contributed by atoms with Gasteiger partial charge in [-0.3, -0.25) is 0 Å². The molecule has 0 aliphatic rings. The highest BCUT2D eigenvalue weighted by molar-refractivity contribution is 6.31. The SMILES string of the molecule is [CH2]Cc1c(F)cccc1Cl. The Balaban J connectivity index is 3.17. The lowest BCUT2D eigenvalue weighted by Crippen LogP contribution is -1.87. The maximum atomic E-state index is 12.7. The molecular formula is C8H7ClF. The van der Waals surface area contributed by atoms with Crippen LogP contribution in [-0.2, 0) is 6.42 Å². The molecule has 0 spiro atoms. The molecular weight excluding hydrogens is 151 g/mol. The van der Waals surface area contributed by atoms with Gasteiger partial charge >= 0.3 is 0 Å². The molecule has 0 heterocycles. The predicted octanol–water partition coefficient (Wildman–Crippen LogP) is 2.86. The monoisotopic (exact) mass is 157 g/mol. The van der Waals surface area contributed by atoms with Gasteiger partial charge < -0.3 is 0 Å². The molecule has 0 nitrogen and oxygen atoms in total. The van der Waals surface area contributed by atoms with Crippen LogP contribution in [0.5, 0.6) is 0 Å². The van der Waals surface area contributed by atoms with E-state index in [1.165, 1.54) is 6.07 Å². The van der Waals surface area contributed by atoms with Crippen molar-refractivity contribution in [1.29, 1.82) is 0 Å². The molecule has 1 rings (SSSR count). The van der Waals surface area contributed by atoms with Gasteiger partial charge in [0.25, 0.3) is 0 Å². The Morgan fingerprint density at radius 1 is 1.50 bits per heavy atom. The van der Waals surface area contributed by atoms with Crippen LogP contribution in [0.4, 0.5) is 4.39 Å². The summed E-state index contributed by atoms with van der Waals surface area (Å²) < 4.78 is 12.7. The van der Waals surface area contributed by atoms with Gasteiger partial charge in [-0.1, -0.05) is 17.7 Å². The lowest BCUT2D eigenvalue weighted by molar-refractivity contribution is 0.615. The summed E-state index contributed by atoms with van der Waals surface area (Å²) in [6.07, 6.45) is 0.394. The fourth-order valence-electron chi connectivity index (χ4n) is 0.771. The molecule has 1 radical (unpaired) electrons. The zero-order valence-electron chi connectivity index (χ0n) is 5.40. The number of hydrogen-bond acceptors (Lipinski definition) is 0. The molecule has 0 fully saturated rings. The minimum absolute atomic E-state index is 0.275. The topological polar surface area (TPSA) is 0 Å². The van der Waals surface area contributed by atoms with E-state index in [2.05, 4.69) is 6.92 Å². The predicted molar refractivity (Wildman–Crippen MR) is 40.5 cm³/mol. The first-order chi connectivity index (χ1) is 4.75. The molecule has 0 amide bonds. The van der Waals surface area contributed by atoms with Gasteiger partial charge in [-0.25, -0.2) is 4.39 Å². The first kappa shape index (κ1) is 7.55. The number of halogens is 2. The third-order valence-corrected chi connectivity index (χ3v) is 1.67. The molecule has 0 aliphatic carbocycles. The van der Waals surface area contributed by atoms with E-state index < -0.39 is 0 Å². The Kier molecular flexibility index (Phi) is 2.28. The van der Waals surface area contributed by atoms with Crippen molar-refractivity contribution in [2.24, 2.45) is 0 Å². The molecule has 0 aromatic heterocycles. The van der Waals surface area contributed by atoms with Gasteiger partial charge in [0.05, 0.1) is 0 Å². The third-order valence-electron chi connectivity index (χ3n) is 1.31. The highest BCUT2D eigenvalue weighted by Crippen LogP contribution is 2.18. The van der Waals surface area contributed by atoms with Crippen LogP contribution in [0, 0.1) is 12.7 Å². The second kappa shape index (κ2) is 3.02.